The quantitative estimate of drug-likeness (QED) is 0.107. The topological polar surface area (TPSA) is 116 Å². The molecular weight excluding hydrogens is 398 g/mol. The van der Waals surface area contributed by atoms with E-state index in [0.717, 1.165) is 12.8 Å². The van der Waals surface area contributed by atoms with E-state index in [9.17, 15) is 9.90 Å². The van der Waals surface area contributed by atoms with Gasteiger partial charge >= 0.3 is 0 Å². The molecular formula is C23H49N3O5. The molecule has 2 unspecified atom stereocenters. The Hall–Kier alpha value is -1.41. The molecule has 186 valence electrons. The number of nitrogens with one attached hydrogen (secondary N) is 1. The van der Waals surface area contributed by atoms with Crippen molar-refractivity contribution in [2.24, 2.45) is 0 Å². The molecule has 0 saturated carbocycles. The molecule has 3 N–H and O–H groups in total. The summed E-state index contributed by atoms with van der Waals surface area (Å²) in [7, 11) is 3.73. The molecule has 0 aromatic rings. The van der Waals surface area contributed by atoms with Gasteiger partial charge in [-0.05, 0) is 27.4 Å². The predicted octanol–water partition coefficient (Wildman–Crippen LogP) is 5.28. The van der Waals surface area contributed by atoms with Crippen LogP contribution in [0.5, 0.6) is 0 Å². The summed E-state index contributed by atoms with van der Waals surface area (Å²) in [6.45, 7) is 3.98. The van der Waals surface area contributed by atoms with Crippen LogP contribution in [0, 0.1) is 10.1 Å². The summed E-state index contributed by atoms with van der Waals surface area (Å²) in [5, 5.41) is 26.2. The first kappa shape index (κ1) is 31.8. The molecule has 0 rings (SSSR count). The highest BCUT2D eigenvalue weighted by atomic mass is 16.9. The van der Waals surface area contributed by atoms with E-state index < -0.39 is 11.2 Å². The van der Waals surface area contributed by atoms with Gasteiger partial charge in [-0.25, -0.2) is 0 Å². The van der Waals surface area contributed by atoms with Crippen molar-refractivity contribution in [1.29, 1.82) is 0 Å². The van der Waals surface area contributed by atoms with Crippen LogP contribution >= 0.6 is 0 Å². The molecule has 0 spiro atoms. The van der Waals surface area contributed by atoms with Crippen LogP contribution in [-0.4, -0.2) is 52.6 Å². The summed E-state index contributed by atoms with van der Waals surface area (Å²) in [4.78, 5) is 22.2. The summed E-state index contributed by atoms with van der Waals surface area (Å²) < 4.78 is 0. The highest BCUT2D eigenvalue weighted by molar-refractivity contribution is 5.76. The Balaban J connectivity index is 0. The Morgan fingerprint density at radius 1 is 0.871 bits per heavy atom. The minimum absolute atomic E-state index is 0.0456. The van der Waals surface area contributed by atoms with E-state index >= 15 is 0 Å². The monoisotopic (exact) mass is 447 g/mol. The number of amides is 1. The van der Waals surface area contributed by atoms with Crippen LogP contribution in [0.2, 0.25) is 0 Å². The van der Waals surface area contributed by atoms with Gasteiger partial charge in [0.05, 0.1) is 6.10 Å². The molecule has 8 heteroatoms. The van der Waals surface area contributed by atoms with Crippen LogP contribution in [0.3, 0.4) is 0 Å². The van der Waals surface area contributed by atoms with Gasteiger partial charge in [-0.2, -0.15) is 0 Å². The Labute approximate surface area is 189 Å². The maximum atomic E-state index is 11.9. The van der Waals surface area contributed by atoms with Gasteiger partial charge in [-0.1, -0.05) is 96.8 Å². The number of nitrogens with zero attached hydrogens (tertiary/aromatic N) is 2. The zero-order valence-electron chi connectivity index (χ0n) is 20.5. The van der Waals surface area contributed by atoms with Gasteiger partial charge in [-0.3, -0.25) is 9.69 Å². The summed E-state index contributed by atoms with van der Waals surface area (Å²) in [5.74, 6) is 0.0456. The number of likely N-dealkylation sites (N-methyl/N-ethyl adjacent to an activating group) is 1. The van der Waals surface area contributed by atoms with Crippen LogP contribution in [0.1, 0.15) is 117 Å². The number of aliphatic hydroxyl groups excluding tert-OH is 1. The van der Waals surface area contributed by atoms with E-state index in [4.69, 9.17) is 15.3 Å². The zero-order valence-corrected chi connectivity index (χ0v) is 20.5. The average Bonchev–Trinajstić information content (AvgIpc) is 2.68. The number of hydrogen-bond donors (Lipinski definition) is 3. The number of aliphatic hydroxyl groups is 1. The number of rotatable bonds is 19. The standard InChI is InChI=1S/C23H48N2O2.HNO3/c1-5-6-7-8-9-10-11-12-13-14-15-16-17-18-19-20-22(27)24-23(21(2)26)25(3)4;2-1(3)4/h21,23,26H,5-20H2,1-4H3,(H,24,27);(H,2,3,4). The van der Waals surface area contributed by atoms with Crippen molar-refractivity contribution in [2.75, 3.05) is 14.1 Å². The molecule has 0 heterocycles. The van der Waals surface area contributed by atoms with Gasteiger partial charge in [0.2, 0.25) is 5.91 Å². The molecule has 1 amide bonds. The van der Waals surface area contributed by atoms with E-state index in [-0.39, 0.29) is 12.1 Å². The molecule has 0 aromatic heterocycles. The van der Waals surface area contributed by atoms with E-state index in [1.54, 1.807) is 6.92 Å². The number of carbonyl (C=O) groups is 1. The van der Waals surface area contributed by atoms with Crippen molar-refractivity contribution in [2.45, 2.75) is 129 Å². The lowest BCUT2D eigenvalue weighted by Gasteiger charge is -2.27. The summed E-state index contributed by atoms with van der Waals surface area (Å²) in [6.07, 6.45) is 19.7. The molecule has 8 nitrogen and oxygen atoms in total. The second-order valence-corrected chi connectivity index (χ2v) is 8.65. The Bertz CT molecular complexity index is 408. The smallest absolute Gasteiger partial charge is 0.291 e. The summed E-state index contributed by atoms with van der Waals surface area (Å²) >= 11 is 0. The lowest BCUT2D eigenvalue weighted by atomic mass is 10.0. The SMILES string of the molecule is CCCCCCCCCCCCCCCCCC(=O)NC(C(C)O)N(C)C.O=[N+]([O-])O. The van der Waals surface area contributed by atoms with E-state index in [1.165, 1.54) is 83.5 Å². The van der Waals surface area contributed by atoms with Gasteiger partial charge in [0.1, 0.15) is 6.17 Å². The fourth-order valence-corrected chi connectivity index (χ4v) is 3.58. The lowest BCUT2D eigenvalue weighted by molar-refractivity contribution is -0.742. The van der Waals surface area contributed by atoms with Crippen LogP contribution < -0.4 is 5.32 Å². The Morgan fingerprint density at radius 2 is 1.19 bits per heavy atom. The first-order chi connectivity index (χ1) is 14.7. The molecule has 0 aliphatic heterocycles. The normalized spacial score (nSPS) is 12.7. The number of hydrogen-bond acceptors (Lipinski definition) is 5. The second kappa shape index (κ2) is 23.3. The minimum atomic E-state index is -1.50. The fraction of sp³-hybridized carbons (Fsp3) is 0.957. The van der Waals surface area contributed by atoms with Crippen molar-refractivity contribution < 1.29 is 20.2 Å². The third kappa shape index (κ3) is 26.6. The number of carbonyl (C=O) groups excluding carboxylic acids is 1. The molecule has 0 fully saturated rings. The predicted molar refractivity (Wildman–Crippen MR) is 126 cm³/mol. The molecule has 0 saturated heterocycles. The van der Waals surface area contributed by atoms with Crippen LogP contribution in [-0.2, 0) is 4.79 Å². The average molecular weight is 448 g/mol. The van der Waals surface area contributed by atoms with Gasteiger partial charge in [0, 0.05) is 6.42 Å². The molecule has 31 heavy (non-hydrogen) atoms. The largest absolute Gasteiger partial charge is 0.390 e. The first-order valence-corrected chi connectivity index (χ1v) is 12.2. The molecule has 0 aliphatic carbocycles. The maximum absolute atomic E-state index is 11.9. The Kier molecular flexibility index (Phi) is 23.8. The van der Waals surface area contributed by atoms with E-state index in [1.807, 2.05) is 19.0 Å². The first-order valence-electron chi connectivity index (χ1n) is 12.2. The van der Waals surface area contributed by atoms with Crippen molar-refractivity contribution in [3.05, 3.63) is 10.1 Å². The molecule has 2 atom stereocenters. The van der Waals surface area contributed by atoms with Gasteiger partial charge in [-0.15, -0.1) is 10.1 Å². The highest BCUT2D eigenvalue weighted by Gasteiger charge is 2.18. The van der Waals surface area contributed by atoms with E-state index in [2.05, 4.69) is 12.2 Å². The summed E-state index contributed by atoms with van der Waals surface area (Å²) in [5.41, 5.74) is 0. The number of unbranched alkanes of at least 4 members (excludes halogenated alkanes) is 14. The highest BCUT2D eigenvalue weighted by Crippen LogP contribution is 2.13. The van der Waals surface area contributed by atoms with Crippen molar-refractivity contribution in [3.63, 3.8) is 0 Å². The molecule has 0 aliphatic rings. The fourth-order valence-electron chi connectivity index (χ4n) is 3.58. The van der Waals surface area contributed by atoms with Crippen LogP contribution in [0.15, 0.2) is 0 Å². The minimum Gasteiger partial charge on any atom is -0.390 e. The zero-order chi connectivity index (χ0) is 23.9. The second-order valence-electron chi connectivity index (χ2n) is 8.65. The molecule has 0 radical (unpaired) electrons. The van der Waals surface area contributed by atoms with Crippen molar-refractivity contribution in [3.8, 4) is 0 Å². The van der Waals surface area contributed by atoms with Gasteiger partial charge in [0.25, 0.3) is 5.09 Å². The van der Waals surface area contributed by atoms with E-state index in [0.29, 0.717) is 6.42 Å². The van der Waals surface area contributed by atoms with Crippen molar-refractivity contribution >= 4 is 5.91 Å². The molecule has 0 aromatic carbocycles. The summed E-state index contributed by atoms with van der Waals surface area (Å²) in [6, 6.07) is 0. The van der Waals surface area contributed by atoms with Crippen LogP contribution in [0.4, 0.5) is 0 Å². The third-order valence-electron chi connectivity index (χ3n) is 5.33. The third-order valence-corrected chi connectivity index (χ3v) is 5.33. The maximum Gasteiger partial charge on any atom is 0.291 e. The van der Waals surface area contributed by atoms with Gasteiger partial charge < -0.3 is 15.6 Å². The van der Waals surface area contributed by atoms with Crippen LogP contribution in [0.25, 0.3) is 0 Å². The van der Waals surface area contributed by atoms with Crippen molar-refractivity contribution in [1.82, 2.24) is 10.2 Å². The molecule has 0 bridgehead atoms. The lowest BCUT2D eigenvalue weighted by Crippen LogP contribution is -2.51. The Morgan fingerprint density at radius 3 is 1.48 bits per heavy atom. The van der Waals surface area contributed by atoms with Gasteiger partial charge in [0.15, 0.2) is 0 Å².